The molecule has 0 aliphatic carbocycles. The third-order valence-corrected chi connectivity index (χ3v) is 2.53. The predicted molar refractivity (Wildman–Crippen MR) is 71.1 cm³/mol. The molecule has 0 nitrogen and oxygen atoms in total. The van der Waals surface area contributed by atoms with Crippen molar-refractivity contribution < 1.29 is 0 Å². The lowest BCUT2D eigenvalue weighted by Gasteiger charge is -2.00. The lowest BCUT2D eigenvalue weighted by atomic mass is 10.1. The highest BCUT2D eigenvalue weighted by Crippen LogP contribution is 2.10. The molecule has 0 N–H and O–H groups in total. The molecule has 0 bridgehead atoms. The molecule has 0 saturated heterocycles. The van der Waals surface area contributed by atoms with E-state index in [0.717, 1.165) is 6.42 Å². The molecule has 0 fully saturated rings. The summed E-state index contributed by atoms with van der Waals surface area (Å²) in [5.74, 6) is 0. The van der Waals surface area contributed by atoms with Gasteiger partial charge in [0.1, 0.15) is 0 Å². The van der Waals surface area contributed by atoms with Gasteiger partial charge in [0.15, 0.2) is 0 Å². The van der Waals surface area contributed by atoms with Gasteiger partial charge in [-0.15, -0.1) is 0 Å². The van der Waals surface area contributed by atoms with Crippen molar-refractivity contribution in [2.75, 3.05) is 0 Å². The Morgan fingerprint density at radius 2 is 1.53 bits per heavy atom. The minimum absolute atomic E-state index is 1.16. The van der Waals surface area contributed by atoms with E-state index < -0.39 is 0 Å². The summed E-state index contributed by atoms with van der Waals surface area (Å²) in [7, 11) is 0. The molecule has 0 heteroatoms. The van der Waals surface area contributed by atoms with Gasteiger partial charge in [0.25, 0.3) is 0 Å². The fraction of sp³-hybridized carbons (Fsp3) is 0.600. The lowest BCUT2D eigenvalue weighted by Crippen LogP contribution is -1.79. The highest BCUT2D eigenvalue weighted by molar-refractivity contribution is 5.04. The predicted octanol–water partition coefficient (Wildman–Crippen LogP) is 5.43. The second-order valence-corrected chi connectivity index (χ2v) is 4.16. The van der Waals surface area contributed by atoms with Crippen LogP contribution < -0.4 is 0 Å². The van der Waals surface area contributed by atoms with Gasteiger partial charge in [0, 0.05) is 0 Å². The number of hydrogen-bond acceptors (Lipinski definition) is 0. The quantitative estimate of drug-likeness (QED) is 0.487. The molecule has 0 aliphatic heterocycles. The van der Waals surface area contributed by atoms with Crippen LogP contribution in [-0.4, -0.2) is 0 Å². The summed E-state index contributed by atoms with van der Waals surface area (Å²) in [6.07, 6.45) is 15.0. The van der Waals surface area contributed by atoms with Crippen LogP contribution in [0.3, 0.4) is 0 Å². The maximum atomic E-state index is 2.39. The Morgan fingerprint density at radius 3 is 2.13 bits per heavy atom. The van der Waals surface area contributed by atoms with Gasteiger partial charge in [-0.3, -0.25) is 0 Å². The summed E-state index contributed by atoms with van der Waals surface area (Å²) in [4.78, 5) is 0. The second kappa shape index (κ2) is 9.76. The van der Waals surface area contributed by atoms with Crippen molar-refractivity contribution in [1.82, 2.24) is 0 Å². The first-order chi connectivity index (χ1) is 7.20. The summed E-state index contributed by atoms with van der Waals surface area (Å²) in [6.45, 7) is 8.74. The van der Waals surface area contributed by atoms with Crippen LogP contribution in [0.2, 0.25) is 0 Å². The minimum atomic E-state index is 1.16. The SMILES string of the molecule is CC=CCCC(C)=CCCC(C)=CCC. The topological polar surface area (TPSA) is 0 Å². The largest absolute Gasteiger partial charge is 0.0917 e. The fourth-order valence-corrected chi connectivity index (χ4v) is 1.58. The van der Waals surface area contributed by atoms with Crippen molar-refractivity contribution >= 4 is 0 Å². The van der Waals surface area contributed by atoms with E-state index >= 15 is 0 Å². The monoisotopic (exact) mass is 206 g/mol. The van der Waals surface area contributed by atoms with Crippen LogP contribution in [0.1, 0.15) is 59.8 Å². The van der Waals surface area contributed by atoms with Crippen molar-refractivity contribution in [3.8, 4) is 0 Å². The number of allylic oxidation sites excluding steroid dienone is 6. The summed E-state index contributed by atoms with van der Waals surface area (Å²) in [6, 6.07) is 0. The lowest BCUT2D eigenvalue weighted by molar-refractivity contribution is 0.916. The zero-order valence-electron chi connectivity index (χ0n) is 10.8. The zero-order valence-corrected chi connectivity index (χ0v) is 10.8. The Kier molecular flexibility index (Phi) is 9.26. The van der Waals surface area contributed by atoms with Crippen LogP contribution >= 0.6 is 0 Å². The molecule has 0 aromatic heterocycles. The van der Waals surface area contributed by atoms with E-state index in [1.807, 2.05) is 0 Å². The molecular formula is C15H26. The first-order valence-corrected chi connectivity index (χ1v) is 6.13. The van der Waals surface area contributed by atoms with E-state index in [4.69, 9.17) is 0 Å². The molecular weight excluding hydrogens is 180 g/mol. The molecule has 0 radical (unpaired) electrons. The Hall–Kier alpha value is -0.780. The van der Waals surface area contributed by atoms with E-state index in [1.54, 1.807) is 0 Å². The Labute approximate surface area is 95.8 Å². The summed E-state index contributed by atoms with van der Waals surface area (Å²) in [5.41, 5.74) is 3.05. The highest BCUT2D eigenvalue weighted by Gasteiger charge is 1.90. The molecule has 0 saturated carbocycles. The number of hydrogen-bond donors (Lipinski definition) is 0. The van der Waals surface area contributed by atoms with Gasteiger partial charge in [-0.25, -0.2) is 0 Å². The van der Waals surface area contributed by atoms with Gasteiger partial charge in [-0.1, -0.05) is 42.4 Å². The highest BCUT2D eigenvalue weighted by atomic mass is 14.0. The molecule has 0 rings (SSSR count). The molecule has 0 spiro atoms. The smallest absolute Gasteiger partial charge is 0.0288 e. The molecule has 15 heavy (non-hydrogen) atoms. The van der Waals surface area contributed by atoms with Crippen LogP contribution in [0.25, 0.3) is 0 Å². The standard InChI is InChI=1S/C15H26/c1-5-7-8-11-15(4)13-9-12-14(3)10-6-2/h5,7,10,13H,6,8-9,11-12H2,1-4H3. The summed E-state index contributed by atoms with van der Waals surface area (Å²) < 4.78 is 0. The van der Waals surface area contributed by atoms with Crippen LogP contribution in [0.15, 0.2) is 35.5 Å². The Morgan fingerprint density at radius 1 is 0.933 bits per heavy atom. The van der Waals surface area contributed by atoms with Crippen molar-refractivity contribution in [2.24, 2.45) is 0 Å². The molecule has 0 unspecified atom stereocenters. The van der Waals surface area contributed by atoms with E-state index in [1.165, 1.54) is 36.8 Å². The van der Waals surface area contributed by atoms with Crippen molar-refractivity contribution in [2.45, 2.75) is 59.8 Å². The minimum Gasteiger partial charge on any atom is -0.0917 e. The van der Waals surface area contributed by atoms with E-state index in [0.29, 0.717) is 0 Å². The van der Waals surface area contributed by atoms with Gasteiger partial charge in [-0.2, -0.15) is 0 Å². The van der Waals surface area contributed by atoms with Crippen molar-refractivity contribution in [1.29, 1.82) is 0 Å². The molecule has 0 aliphatic rings. The summed E-state index contributed by atoms with van der Waals surface area (Å²) >= 11 is 0. The van der Waals surface area contributed by atoms with Crippen molar-refractivity contribution in [3.63, 3.8) is 0 Å². The van der Waals surface area contributed by atoms with E-state index in [2.05, 4.69) is 52.0 Å². The first-order valence-electron chi connectivity index (χ1n) is 6.13. The van der Waals surface area contributed by atoms with Gasteiger partial charge >= 0.3 is 0 Å². The van der Waals surface area contributed by atoms with E-state index in [9.17, 15) is 0 Å². The van der Waals surface area contributed by atoms with Crippen molar-refractivity contribution in [3.05, 3.63) is 35.5 Å². The Balaban J connectivity index is 3.71. The number of rotatable bonds is 7. The van der Waals surface area contributed by atoms with E-state index in [-0.39, 0.29) is 0 Å². The van der Waals surface area contributed by atoms with Gasteiger partial charge in [0.05, 0.1) is 0 Å². The van der Waals surface area contributed by atoms with Crippen LogP contribution in [0.5, 0.6) is 0 Å². The van der Waals surface area contributed by atoms with Gasteiger partial charge in [0.2, 0.25) is 0 Å². The average Bonchev–Trinajstić information content (AvgIpc) is 2.18. The second-order valence-electron chi connectivity index (χ2n) is 4.16. The van der Waals surface area contributed by atoms with Gasteiger partial charge in [-0.05, 0) is 52.9 Å². The Bertz CT molecular complexity index is 228. The first kappa shape index (κ1) is 14.2. The molecule has 0 atom stereocenters. The van der Waals surface area contributed by atoms with Crippen LogP contribution in [-0.2, 0) is 0 Å². The fourth-order valence-electron chi connectivity index (χ4n) is 1.58. The molecule has 86 valence electrons. The maximum Gasteiger partial charge on any atom is -0.0288 e. The molecule has 0 aromatic carbocycles. The third kappa shape index (κ3) is 9.52. The third-order valence-electron chi connectivity index (χ3n) is 2.53. The average molecular weight is 206 g/mol. The molecule has 0 aromatic rings. The normalized spacial score (nSPS) is 13.9. The molecule has 0 heterocycles. The zero-order chi connectivity index (χ0) is 11.5. The maximum absolute atomic E-state index is 2.39. The summed E-state index contributed by atoms with van der Waals surface area (Å²) in [5, 5.41) is 0. The van der Waals surface area contributed by atoms with Gasteiger partial charge < -0.3 is 0 Å². The van der Waals surface area contributed by atoms with Crippen LogP contribution in [0.4, 0.5) is 0 Å². The van der Waals surface area contributed by atoms with Crippen LogP contribution in [0, 0.1) is 0 Å². The molecule has 0 amide bonds.